The van der Waals surface area contributed by atoms with Crippen LogP contribution in [0.2, 0.25) is 0 Å². The van der Waals surface area contributed by atoms with Gasteiger partial charge in [0.05, 0.1) is 0 Å². The number of benzene rings is 1. The lowest BCUT2D eigenvalue weighted by Crippen LogP contribution is -2.45. The van der Waals surface area contributed by atoms with Crippen molar-refractivity contribution in [1.82, 2.24) is 10.2 Å². The normalized spacial score (nSPS) is 22.8. The molecule has 25 heavy (non-hydrogen) atoms. The van der Waals surface area contributed by atoms with Crippen LogP contribution in [-0.2, 0) is 4.79 Å². The van der Waals surface area contributed by atoms with E-state index in [1.807, 2.05) is 12.1 Å². The van der Waals surface area contributed by atoms with E-state index in [1.54, 1.807) is 0 Å². The molecule has 2 heterocycles. The van der Waals surface area contributed by atoms with Gasteiger partial charge in [-0.05, 0) is 70.0 Å². The van der Waals surface area contributed by atoms with Gasteiger partial charge in [-0.3, -0.25) is 4.79 Å². The van der Waals surface area contributed by atoms with E-state index in [4.69, 9.17) is 0 Å². The van der Waals surface area contributed by atoms with Gasteiger partial charge in [-0.25, -0.2) is 4.39 Å². The first-order chi connectivity index (χ1) is 12.1. The minimum atomic E-state index is -0.200. The van der Waals surface area contributed by atoms with Crippen molar-refractivity contribution in [2.75, 3.05) is 31.6 Å². The molecule has 1 N–H and O–H groups in total. The molecule has 0 aliphatic carbocycles. The Kier molecular flexibility index (Phi) is 6.29. The van der Waals surface area contributed by atoms with E-state index in [0.29, 0.717) is 12.5 Å². The molecule has 1 atom stereocenters. The molecular weight excluding hydrogens is 317 g/mol. The fraction of sp³-hybridized carbons (Fsp3) is 0.650. The van der Waals surface area contributed by atoms with Gasteiger partial charge in [-0.15, -0.1) is 0 Å². The third kappa shape index (κ3) is 5.18. The maximum absolute atomic E-state index is 13.0. The van der Waals surface area contributed by atoms with Gasteiger partial charge >= 0.3 is 0 Å². The predicted molar refractivity (Wildman–Crippen MR) is 99.3 cm³/mol. The molecule has 0 aromatic heterocycles. The summed E-state index contributed by atoms with van der Waals surface area (Å²) < 4.78 is 13.0. The Morgan fingerprint density at radius 3 is 2.52 bits per heavy atom. The van der Waals surface area contributed by atoms with Crippen LogP contribution in [0.4, 0.5) is 10.1 Å². The van der Waals surface area contributed by atoms with E-state index >= 15 is 0 Å². The highest BCUT2D eigenvalue weighted by atomic mass is 19.1. The van der Waals surface area contributed by atoms with Crippen molar-refractivity contribution in [3.05, 3.63) is 30.1 Å². The number of piperidine rings is 2. The zero-order chi connectivity index (χ0) is 17.6. The number of halogens is 1. The number of amides is 1. The molecular formula is C20H30FN3O. The highest BCUT2D eigenvalue weighted by Crippen LogP contribution is 2.21. The number of nitrogens with zero attached hydrogens (tertiary/aromatic N) is 2. The van der Waals surface area contributed by atoms with Crippen LogP contribution in [0.15, 0.2) is 24.3 Å². The molecule has 1 unspecified atom stereocenters. The van der Waals surface area contributed by atoms with Crippen LogP contribution in [0.3, 0.4) is 0 Å². The first kappa shape index (κ1) is 18.2. The quantitative estimate of drug-likeness (QED) is 0.889. The number of anilines is 1. The number of carbonyl (C=O) groups excluding carboxylic acids is 1. The van der Waals surface area contributed by atoms with Crippen molar-refractivity contribution >= 4 is 11.6 Å². The SMILES string of the molecule is CN1CCCCC1CCC(=O)NC1CCN(c2ccc(F)cc2)CC1. The molecule has 0 radical (unpaired) electrons. The first-order valence-electron chi connectivity index (χ1n) is 9.62. The van der Waals surface area contributed by atoms with Gasteiger partial charge in [0.15, 0.2) is 0 Å². The lowest BCUT2D eigenvalue weighted by Gasteiger charge is -2.34. The Bertz CT molecular complexity index is 555. The minimum absolute atomic E-state index is 0.194. The molecule has 1 aromatic rings. The summed E-state index contributed by atoms with van der Waals surface area (Å²) in [4.78, 5) is 16.9. The Hall–Kier alpha value is -1.62. The van der Waals surface area contributed by atoms with Crippen molar-refractivity contribution < 1.29 is 9.18 Å². The van der Waals surface area contributed by atoms with E-state index in [2.05, 4.69) is 22.2 Å². The van der Waals surface area contributed by atoms with Crippen LogP contribution in [0, 0.1) is 5.82 Å². The lowest BCUT2D eigenvalue weighted by atomic mass is 9.98. The Morgan fingerprint density at radius 1 is 1.12 bits per heavy atom. The Morgan fingerprint density at radius 2 is 1.84 bits per heavy atom. The van der Waals surface area contributed by atoms with E-state index in [-0.39, 0.29) is 17.8 Å². The monoisotopic (exact) mass is 347 g/mol. The maximum atomic E-state index is 13.0. The standard InChI is InChI=1S/C20H30FN3O/c1-23-13-3-2-4-18(23)9-10-20(25)22-17-11-14-24(15-12-17)19-7-5-16(21)6-8-19/h5-8,17-18H,2-4,9-15H2,1H3,(H,22,25). The number of rotatable bonds is 5. The molecule has 0 bridgehead atoms. The highest BCUT2D eigenvalue weighted by molar-refractivity contribution is 5.76. The highest BCUT2D eigenvalue weighted by Gasteiger charge is 2.23. The number of likely N-dealkylation sites (tertiary alicyclic amines) is 1. The summed E-state index contributed by atoms with van der Waals surface area (Å²) in [6.07, 6.45) is 7.30. The number of hydrogen-bond acceptors (Lipinski definition) is 3. The summed E-state index contributed by atoms with van der Waals surface area (Å²) in [5, 5.41) is 3.21. The molecule has 0 saturated carbocycles. The van der Waals surface area contributed by atoms with Gasteiger partial charge in [-0.1, -0.05) is 6.42 Å². The van der Waals surface area contributed by atoms with Gasteiger partial charge in [-0.2, -0.15) is 0 Å². The maximum Gasteiger partial charge on any atom is 0.220 e. The van der Waals surface area contributed by atoms with Gasteiger partial charge in [0.1, 0.15) is 5.82 Å². The Labute approximate surface area is 150 Å². The number of hydrogen-bond donors (Lipinski definition) is 1. The summed E-state index contributed by atoms with van der Waals surface area (Å²) >= 11 is 0. The Balaban J connectivity index is 1.38. The van der Waals surface area contributed by atoms with E-state index < -0.39 is 0 Å². The fourth-order valence-corrected chi connectivity index (χ4v) is 4.04. The summed E-state index contributed by atoms with van der Waals surface area (Å²) in [6, 6.07) is 7.51. The van der Waals surface area contributed by atoms with Gasteiger partial charge < -0.3 is 15.1 Å². The molecule has 3 rings (SSSR count). The molecule has 1 aromatic carbocycles. The van der Waals surface area contributed by atoms with Crippen LogP contribution in [-0.4, -0.2) is 49.6 Å². The largest absolute Gasteiger partial charge is 0.371 e. The molecule has 5 heteroatoms. The molecule has 0 spiro atoms. The van der Waals surface area contributed by atoms with Gasteiger partial charge in [0.2, 0.25) is 5.91 Å². The first-order valence-corrected chi connectivity index (χ1v) is 9.62. The topological polar surface area (TPSA) is 35.6 Å². The zero-order valence-electron chi connectivity index (χ0n) is 15.2. The van der Waals surface area contributed by atoms with Crippen LogP contribution in [0.25, 0.3) is 0 Å². The van der Waals surface area contributed by atoms with Crippen LogP contribution < -0.4 is 10.2 Å². The molecule has 1 amide bonds. The van der Waals surface area contributed by atoms with E-state index in [9.17, 15) is 9.18 Å². The zero-order valence-corrected chi connectivity index (χ0v) is 15.2. The molecule has 2 aliphatic heterocycles. The molecule has 2 aliphatic rings. The van der Waals surface area contributed by atoms with Crippen molar-refractivity contribution in [3.8, 4) is 0 Å². The second kappa shape index (κ2) is 8.65. The smallest absolute Gasteiger partial charge is 0.220 e. The number of nitrogens with one attached hydrogen (secondary N) is 1. The van der Waals surface area contributed by atoms with E-state index in [0.717, 1.165) is 44.6 Å². The van der Waals surface area contributed by atoms with Crippen molar-refractivity contribution in [2.45, 2.75) is 57.0 Å². The van der Waals surface area contributed by atoms with Crippen LogP contribution >= 0.6 is 0 Å². The number of carbonyl (C=O) groups is 1. The molecule has 4 nitrogen and oxygen atoms in total. The summed E-state index contributed by atoms with van der Waals surface area (Å²) in [7, 11) is 2.17. The fourth-order valence-electron chi connectivity index (χ4n) is 4.04. The lowest BCUT2D eigenvalue weighted by molar-refractivity contribution is -0.122. The van der Waals surface area contributed by atoms with Gasteiger partial charge in [0, 0.05) is 37.3 Å². The van der Waals surface area contributed by atoms with Crippen molar-refractivity contribution in [3.63, 3.8) is 0 Å². The average molecular weight is 347 g/mol. The third-order valence-electron chi connectivity index (χ3n) is 5.68. The van der Waals surface area contributed by atoms with Gasteiger partial charge in [0.25, 0.3) is 0 Å². The molecule has 138 valence electrons. The second-order valence-electron chi connectivity index (χ2n) is 7.47. The third-order valence-corrected chi connectivity index (χ3v) is 5.68. The van der Waals surface area contributed by atoms with E-state index in [1.165, 1.54) is 31.4 Å². The molecule has 2 saturated heterocycles. The predicted octanol–water partition coefficient (Wildman–Crippen LogP) is 3.18. The van der Waals surface area contributed by atoms with Crippen molar-refractivity contribution in [2.24, 2.45) is 0 Å². The molecule has 2 fully saturated rings. The summed E-state index contributed by atoms with van der Waals surface area (Å²) in [5.74, 6) is -0.00582. The summed E-state index contributed by atoms with van der Waals surface area (Å²) in [5.41, 5.74) is 1.06. The average Bonchev–Trinajstić information content (AvgIpc) is 2.62. The minimum Gasteiger partial charge on any atom is -0.371 e. The second-order valence-corrected chi connectivity index (χ2v) is 7.47. The summed E-state index contributed by atoms with van der Waals surface area (Å²) in [6.45, 7) is 2.97. The van der Waals surface area contributed by atoms with Crippen LogP contribution in [0.5, 0.6) is 0 Å². The van der Waals surface area contributed by atoms with Crippen molar-refractivity contribution in [1.29, 1.82) is 0 Å². The van der Waals surface area contributed by atoms with Crippen LogP contribution in [0.1, 0.15) is 44.9 Å².